The predicted octanol–water partition coefficient (Wildman–Crippen LogP) is 2.92. The first-order valence-electron chi connectivity index (χ1n) is 8.20. The average Bonchev–Trinajstić information content (AvgIpc) is 2.78. The van der Waals surface area contributed by atoms with Gasteiger partial charge in [-0.1, -0.05) is 18.5 Å². The number of anilines is 1. The Labute approximate surface area is 149 Å². The number of benzene rings is 1. The monoisotopic (exact) mass is 367 g/mol. The van der Waals surface area contributed by atoms with Crippen molar-refractivity contribution in [2.45, 2.75) is 38.1 Å². The van der Waals surface area contributed by atoms with E-state index in [1.54, 1.807) is 0 Å². The van der Waals surface area contributed by atoms with E-state index in [2.05, 4.69) is 17.6 Å². The Kier molecular flexibility index (Phi) is 4.69. The summed E-state index contributed by atoms with van der Waals surface area (Å²) in [5.41, 5.74) is -0.576. The van der Waals surface area contributed by atoms with Crippen LogP contribution in [-0.2, 0) is 9.59 Å². The summed E-state index contributed by atoms with van der Waals surface area (Å²) in [5, 5.41) is 5.15. The quantitative estimate of drug-likeness (QED) is 0.806. The lowest BCUT2D eigenvalue weighted by Gasteiger charge is -2.33. The van der Waals surface area contributed by atoms with Gasteiger partial charge in [0.25, 0.3) is 5.91 Å². The number of carbonyl (C=O) groups is 3. The number of nitrogens with one attached hydrogen (secondary N) is 2. The van der Waals surface area contributed by atoms with Crippen molar-refractivity contribution in [1.29, 1.82) is 0 Å². The van der Waals surface area contributed by atoms with Gasteiger partial charge < -0.3 is 10.6 Å². The molecular weight excluding hydrogens is 349 g/mol. The summed E-state index contributed by atoms with van der Waals surface area (Å²) in [4.78, 5) is 37.9. The maximum Gasteiger partial charge on any atom is 0.325 e. The molecule has 1 saturated heterocycles. The molecule has 0 unspecified atom stereocenters. The Morgan fingerprint density at radius 1 is 1.40 bits per heavy atom. The van der Waals surface area contributed by atoms with E-state index < -0.39 is 29.8 Å². The summed E-state index contributed by atoms with van der Waals surface area (Å²) in [7, 11) is 0. The summed E-state index contributed by atoms with van der Waals surface area (Å²) in [6.45, 7) is 1.73. The van der Waals surface area contributed by atoms with Gasteiger partial charge in [-0.2, -0.15) is 0 Å². The van der Waals surface area contributed by atoms with E-state index in [0.717, 1.165) is 23.8 Å². The highest BCUT2D eigenvalue weighted by atomic mass is 35.5. The topological polar surface area (TPSA) is 78.5 Å². The van der Waals surface area contributed by atoms with Crippen molar-refractivity contribution in [3.63, 3.8) is 0 Å². The maximum absolute atomic E-state index is 13.1. The minimum absolute atomic E-state index is 0.122. The van der Waals surface area contributed by atoms with E-state index in [4.69, 9.17) is 11.6 Å². The predicted molar refractivity (Wildman–Crippen MR) is 90.6 cm³/mol. The summed E-state index contributed by atoms with van der Waals surface area (Å²) < 4.78 is 13.1. The molecule has 2 fully saturated rings. The molecule has 134 valence electrons. The number of nitrogens with zero attached hydrogens (tertiary/aromatic N) is 1. The molecule has 1 saturated carbocycles. The zero-order valence-corrected chi connectivity index (χ0v) is 14.5. The van der Waals surface area contributed by atoms with Gasteiger partial charge in [0.2, 0.25) is 5.91 Å². The van der Waals surface area contributed by atoms with Crippen LogP contribution in [0.4, 0.5) is 14.9 Å². The number of imide groups is 1. The molecular formula is C17H19ClFN3O3. The van der Waals surface area contributed by atoms with E-state index in [0.29, 0.717) is 24.4 Å². The van der Waals surface area contributed by atoms with Crippen LogP contribution in [0.15, 0.2) is 18.2 Å². The first-order chi connectivity index (χ1) is 11.8. The normalized spacial score (nSPS) is 26.0. The van der Waals surface area contributed by atoms with Crippen molar-refractivity contribution in [3.8, 4) is 0 Å². The van der Waals surface area contributed by atoms with Gasteiger partial charge in [0, 0.05) is 5.69 Å². The van der Waals surface area contributed by atoms with Gasteiger partial charge in [-0.15, -0.1) is 0 Å². The Bertz CT molecular complexity index is 732. The standard InChI is InChI=1S/C17H19ClFN3O3/c1-10-4-6-17(7-5-10)15(24)22(16(25)21-17)9-14(23)20-11-2-3-13(19)12(18)8-11/h2-3,8,10H,4-7,9H2,1H3,(H,20,23)(H,21,25). The van der Waals surface area contributed by atoms with E-state index in [9.17, 15) is 18.8 Å². The molecule has 8 heteroatoms. The van der Waals surface area contributed by atoms with Crippen molar-refractivity contribution >= 4 is 35.1 Å². The molecule has 2 N–H and O–H groups in total. The number of hydrogen-bond donors (Lipinski definition) is 2. The summed E-state index contributed by atoms with van der Waals surface area (Å²) >= 11 is 5.67. The Morgan fingerprint density at radius 2 is 2.08 bits per heavy atom. The smallest absolute Gasteiger partial charge is 0.324 e. The molecule has 6 nitrogen and oxygen atoms in total. The maximum atomic E-state index is 13.1. The molecule has 0 atom stereocenters. The van der Waals surface area contributed by atoms with Gasteiger partial charge in [-0.25, -0.2) is 9.18 Å². The van der Waals surface area contributed by atoms with Crippen LogP contribution in [0.3, 0.4) is 0 Å². The van der Waals surface area contributed by atoms with Gasteiger partial charge in [0.1, 0.15) is 17.9 Å². The van der Waals surface area contributed by atoms with E-state index in [1.165, 1.54) is 12.1 Å². The largest absolute Gasteiger partial charge is 0.325 e. The van der Waals surface area contributed by atoms with Crippen LogP contribution >= 0.6 is 11.6 Å². The second-order valence-electron chi connectivity index (χ2n) is 6.76. The third-order valence-corrected chi connectivity index (χ3v) is 5.17. The highest BCUT2D eigenvalue weighted by Crippen LogP contribution is 2.36. The van der Waals surface area contributed by atoms with Crippen LogP contribution in [0, 0.1) is 11.7 Å². The Morgan fingerprint density at radius 3 is 2.72 bits per heavy atom. The first kappa shape index (κ1) is 17.7. The van der Waals surface area contributed by atoms with Crippen LogP contribution < -0.4 is 10.6 Å². The van der Waals surface area contributed by atoms with Crippen LogP contribution in [0.5, 0.6) is 0 Å². The zero-order chi connectivity index (χ0) is 18.2. The third-order valence-electron chi connectivity index (χ3n) is 4.88. The lowest BCUT2D eigenvalue weighted by Crippen LogP contribution is -2.49. The Hall–Kier alpha value is -2.15. The lowest BCUT2D eigenvalue weighted by molar-refractivity contribution is -0.135. The fourth-order valence-corrected chi connectivity index (χ4v) is 3.51. The van der Waals surface area contributed by atoms with Gasteiger partial charge in [-0.05, 0) is 49.8 Å². The molecule has 0 aromatic heterocycles. The molecule has 25 heavy (non-hydrogen) atoms. The molecule has 1 aliphatic carbocycles. The molecule has 3 rings (SSSR count). The van der Waals surface area contributed by atoms with Crippen molar-refractivity contribution in [2.24, 2.45) is 5.92 Å². The van der Waals surface area contributed by atoms with Crippen LogP contribution in [-0.4, -0.2) is 34.8 Å². The van der Waals surface area contributed by atoms with Gasteiger partial charge in [0.05, 0.1) is 5.02 Å². The number of urea groups is 1. The highest BCUT2D eigenvalue weighted by molar-refractivity contribution is 6.31. The number of halogens is 2. The van der Waals surface area contributed by atoms with Gasteiger partial charge in [-0.3, -0.25) is 14.5 Å². The van der Waals surface area contributed by atoms with E-state index in [-0.39, 0.29) is 10.9 Å². The third kappa shape index (κ3) is 3.46. The molecule has 0 bridgehead atoms. The first-order valence-corrected chi connectivity index (χ1v) is 8.57. The number of rotatable bonds is 3. The summed E-state index contributed by atoms with van der Waals surface area (Å²) in [6, 6.07) is 3.20. The van der Waals surface area contributed by atoms with Crippen molar-refractivity contribution < 1.29 is 18.8 Å². The number of hydrogen-bond acceptors (Lipinski definition) is 3. The van der Waals surface area contributed by atoms with Crippen LogP contribution in [0.1, 0.15) is 32.6 Å². The summed E-state index contributed by atoms with van der Waals surface area (Å²) in [6.07, 6.45) is 2.90. The molecule has 2 aliphatic rings. The molecule has 1 spiro atoms. The van der Waals surface area contributed by atoms with Crippen molar-refractivity contribution in [1.82, 2.24) is 10.2 Å². The van der Waals surface area contributed by atoms with Gasteiger partial charge >= 0.3 is 6.03 Å². The second kappa shape index (κ2) is 6.63. The van der Waals surface area contributed by atoms with E-state index >= 15 is 0 Å². The van der Waals surface area contributed by atoms with Crippen LogP contribution in [0.2, 0.25) is 5.02 Å². The van der Waals surface area contributed by atoms with E-state index in [1.807, 2.05) is 0 Å². The average molecular weight is 368 g/mol. The minimum Gasteiger partial charge on any atom is -0.324 e. The molecule has 1 aromatic carbocycles. The number of carbonyl (C=O) groups excluding carboxylic acids is 3. The molecule has 1 aliphatic heterocycles. The van der Waals surface area contributed by atoms with Crippen molar-refractivity contribution in [3.05, 3.63) is 29.0 Å². The second-order valence-corrected chi connectivity index (χ2v) is 7.17. The fraction of sp³-hybridized carbons (Fsp3) is 0.471. The molecule has 1 heterocycles. The van der Waals surface area contributed by atoms with Crippen LogP contribution in [0.25, 0.3) is 0 Å². The summed E-state index contributed by atoms with van der Waals surface area (Å²) in [5.74, 6) is -0.970. The Balaban J connectivity index is 1.66. The SMILES string of the molecule is CC1CCC2(CC1)NC(=O)N(CC(=O)Nc1ccc(F)c(Cl)c1)C2=O. The molecule has 0 radical (unpaired) electrons. The fourth-order valence-electron chi connectivity index (χ4n) is 3.33. The van der Waals surface area contributed by atoms with Gasteiger partial charge in [0.15, 0.2) is 0 Å². The number of amides is 4. The van der Waals surface area contributed by atoms with Crippen molar-refractivity contribution in [2.75, 3.05) is 11.9 Å². The minimum atomic E-state index is -0.872. The zero-order valence-electron chi connectivity index (χ0n) is 13.8. The highest BCUT2D eigenvalue weighted by Gasteiger charge is 2.52. The molecule has 4 amide bonds. The molecule has 1 aromatic rings. The lowest BCUT2D eigenvalue weighted by atomic mass is 9.77.